The van der Waals surface area contributed by atoms with Crippen molar-refractivity contribution in [2.75, 3.05) is 18.5 Å². The number of carboxylic acids is 1. The Labute approximate surface area is 200 Å². The Hall–Kier alpha value is -3.98. The summed E-state index contributed by atoms with van der Waals surface area (Å²) in [6, 6.07) is 17.4. The van der Waals surface area contributed by atoms with E-state index in [1.165, 1.54) is 0 Å². The Balaban J connectivity index is 1.29. The van der Waals surface area contributed by atoms with Gasteiger partial charge in [-0.3, -0.25) is 4.79 Å². The van der Waals surface area contributed by atoms with Gasteiger partial charge >= 0.3 is 5.97 Å². The zero-order chi connectivity index (χ0) is 23.3. The minimum Gasteiger partial charge on any atom is -0.493 e. The number of nitrogens with zero attached hydrogens (tertiary/aromatic N) is 3. The number of aromatic nitrogens is 4. The van der Waals surface area contributed by atoms with Crippen molar-refractivity contribution in [3.63, 3.8) is 0 Å². The molecule has 5 aromatic rings. The molecule has 3 N–H and O–H groups in total. The minimum absolute atomic E-state index is 0.0163. The summed E-state index contributed by atoms with van der Waals surface area (Å²) >= 11 is 1.15. The van der Waals surface area contributed by atoms with E-state index in [0.717, 1.165) is 69.3 Å². The summed E-state index contributed by atoms with van der Waals surface area (Å²) in [6.45, 7) is 1.34. The highest BCUT2D eigenvalue weighted by atomic mass is 32.1. The number of pyridine rings is 1. The molecule has 172 valence electrons. The third-order valence-corrected chi connectivity index (χ3v) is 6.24. The summed E-state index contributed by atoms with van der Waals surface area (Å²) in [4.78, 5) is 19.2. The number of anilines is 1. The van der Waals surface area contributed by atoms with E-state index in [9.17, 15) is 9.90 Å². The van der Waals surface area contributed by atoms with Crippen molar-refractivity contribution in [1.29, 1.82) is 0 Å². The van der Waals surface area contributed by atoms with Gasteiger partial charge in [0, 0.05) is 41.8 Å². The molecule has 3 heterocycles. The van der Waals surface area contributed by atoms with Gasteiger partial charge in [0.25, 0.3) is 0 Å². The van der Waals surface area contributed by atoms with Crippen molar-refractivity contribution in [2.45, 2.75) is 18.8 Å². The SMILES string of the molecule is O=C(O)CC(c1ccc2nsnc2c1)c1c[nH]c2cc(OCCCNc3ccccn3)ccc12. The van der Waals surface area contributed by atoms with Crippen LogP contribution in [0, 0.1) is 0 Å². The number of ether oxygens (including phenoxy) is 1. The predicted octanol–water partition coefficient (Wildman–Crippen LogP) is 5.06. The van der Waals surface area contributed by atoms with Gasteiger partial charge < -0.3 is 20.1 Å². The highest BCUT2D eigenvalue weighted by molar-refractivity contribution is 7.00. The number of nitrogens with one attached hydrogen (secondary N) is 2. The van der Waals surface area contributed by atoms with Gasteiger partial charge in [-0.15, -0.1) is 0 Å². The van der Waals surface area contributed by atoms with Crippen LogP contribution in [0.4, 0.5) is 5.82 Å². The number of aromatic amines is 1. The smallest absolute Gasteiger partial charge is 0.304 e. The first-order valence-corrected chi connectivity index (χ1v) is 11.7. The molecule has 0 aliphatic rings. The van der Waals surface area contributed by atoms with E-state index in [4.69, 9.17) is 4.74 Å². The van der Waals surface area contributed by atoms with Gasteiger partial charge in [-0.2, -0.15) is 8.75 Å². The van der Waals surface area contributed by atoms with E-state index >= 15 is 0 Å². The normalized spacial score (nSPS) is 12.1. The Morgan fingerprint density at radius 3 is 2.88 bits per heavy atom. The van der Waals surface area contributed by atoms with Crippen molar-refractivity contribution in [3.8, 4) is 5.75 Å². The van der Waals surface area contributed by atoms with E-state index < -0.39 is 5.97 Å². The largest absolute Gasteiger partial charge is 0.493 e. The van der Waals surface area contributed by atoms with E-state index in [1.54, 1.807) is 6.20 Å². The molecule has 0 bridgehead atoms. The summed E-state index contributed by atoms with van der Waals surface area (Å²) in [5.74, 6) is 0.462. The zero-order valence-corrected chi connectivity index (χ0v) is 19.1. The van der Waals surface area contributed by atoms with Crippen molar-refractivity contribution in [1.82, 2.24) is 18.7 Å². The van der Waals surface area contributed by atoms with Crippen LogP contribution in [0.1, 0.15) is 29.9 Å². The number of aliphatic carboxylic acids is 1. The molecule has 0 spiro atoms. The number of fused-ring (bicyclic) bond motifs is 2. The molecule has 34 heavy (non-hydrogen) atoms. The first kappa shape index (κ1) is 21.8. The highest BCUT2D eigenvalue weighted by Crippen LogP contribution is 2.35. The minimum atomic E-state index is -0.852. The van der Waals surface area contributed by atoms with Gasteiger partial charge in [0.2, 0.25) is 0 Å². The molecule has 0 radical (unpaired) electrons. The van der Waals surface area contributed by atoms with Crippen molar-refractivity contribution < 1.29 is 14.6 Å². The number of hydrogen-bond acceptors (Lipinski definition) is 7. The summed E-state index contributed by atoms with van der Waals surface area (Å²) in [5, 5.41) is 13.8. The molecule has 0 fully saturated rings. The molecule has 3 aromatic heterocycles. The second-order valence-electron chi connectivity index (χ2n) is 7.96. The number of carbonyl (C=O) groups is 1. The number of H-pyrrole nitrogens is 1. The number of hydrogen-bond donors (Lipinski definition) is 3. The first-order valence-electron chi connectivity index (χ1n) is 11.0. The fourth-order valence-electron chi connectivity index (χ4n) is 4.05. The Bertz CT molecular complexity index is 1420. The molecule has 2 aromatic carbocycles. The molecule has 0 saturated heterocycles. The van der Waals surface area contributed by atoms with Crippen molar-refractivity contribution >= 4 is 45.5 Å². The maximum absolute atomic E-state index is 11.7. The van der Waals surface area contributed by atoms with Crippen LogP contribution >= 0.6 is 11.7 Å². The zero-order valence-electron chi connectivity index (χ0n) is 18.3. The molecule has 1 atom stereocenters. The van der Waals surface area contributed by atoms with Crippen LogP contribution in [0.25, 0.3) is 21.9 Å². The molecule has 0 amide bonds. The molecular weight excluding hydrogens is 450 g/mol. The van der Waals surface area contributed by atoms with Crippen LogP contribution < -0.4 is 10.1 Å². The summed E-state index contributed by atoms with van der Waals surface area (Å²) in [7, 11) is 0. The first-order chi connectivity index (χ1) is 16.7. The fraction of sp³-hybridized carbons (Fsp3) is 0.200. The van der Waals surface area contributed by atoms with Crippen molar-refractivity contribution in [2.24, 2.45) is 0 Å². The van der Waals surface area contributed by atoms with E-state index in [0.29, 0.717) is 6.61 Å². The molecular formula is C25H23N5O3S. The van der Waals surface area contributed by atoms with E-state index in [1.807, 2.05) is 60.8 Å². The average molecular weight is 474 g/mol. The van der Waals surface area contributed by atoms with E-state index in [-0.39, 0.29) is 12.3 Å². The maximum Gasteiger partial charge on any atom is 0.304 e. The van der Waals surface area contributed by atoms with Crippen LogP contribution in [-0.2, 0) is 4.79 Å². The quantitative estimate of drug-likeness (QED) is 0.243. The second-order valence-corrected chi connectivity index (χ2v) is 8.49. The molecule has 8 nitrogen and oxygen atoms in total. The molecule has 0 aliphatic carbocycles. The van der Waals surface area contributed by atoms with Gasteiger partial charge in [0.1, 0.15) is 22.6 Å². The van der Waals surface area contributed by atoms with Crippen LogP contribution in [0.2, 0.25) is 0 Å². The maximum atomic E-state index is 11.7. The molecule has 1 unspecified atom stereocenters. The number of rotatable bonds is 10. The topological polar surface area (TPSA) is 113 Å². The lowest BCUT2D eigenvalue weighted by molar-refractivity contribution is -0.137. The van der Waals surface area contributed by atoms with Crippen LogP contribution in [-0.4, -0.2) is 42.9 Å². The Morgan fingerprint density at radius 2 is 2.03 bits per heavy atom. The lowest BCUT2D eigenvalue weighted by Crippen LogP contribution is -2.08. The summed E-state index contributed by atoms with van der Waals surface area (Å²) in [5.41, 5.74) is 4.35. The number of benzene rings is 2. The summed E-state index contributed by atoms with van der Waals surface area (Å²) < 4.78 is 14.5. The summed E-state index contributed by atoms with van der Waals surface area (Å²) in [6.07, 6.45) is 4.47. The lowest BCUT2D eigenvalue weighted by Gasteiger charge is -2.15. The Morgan fingerprint density at radius 1 is 1.12 bits per heavy atom. The van der Waals surface area contributed by atoms with Gasteiger partial charge in [-0.1, -0.05) is 12.1 Å². The molecule has 0 aliphatic heterocycles. The number of carboxylic acid groups (broad SMARTS) is 1. The van der Waals surface area contributed by atoms with Crippen LogP contribution in [0.3, 0.4) is 0 Å². The Kier molecular flexibility index (Phi) is 6.35. The monoisotopic (exact) mass is 473 g/mol. The second kappa shape index (κ2) is 9.88. The van der Waals surface area contributed by atoms with Gasteiger partial charge in [0.15, 0.2) is 0 Å². The van der Waals surface area contributed by atoms with Gasteiger partial charge in [-0.05, 0) is 53.9 Å². The third kappa shape index (κ3) is 4.84. The van der Waals surface area contributed by atoms with Crippen LogP contribution in [0.15, 0.2) is 67.0 Å². The molecule has 5 rings (SSSR count). The predicted molar refractivity (Wildman–Crippen MR) is 133 cm³/mol. The van der Waals surface area contributed by atoms with Gasteiger partial charge in [-0.25, -0.2) is 4.98 Å². The third-order valence-electron chi connectivity index (χ3n) is 5.68. The molecule has 9 heteroatoms. The lowest BCUT2D eigenvalue weighted by atomic mass is 9.88. The van der Waals surface area contributed by atoms with Crippen molar-refractivity contribution in [3.05, 3.63) is 78.1 Å². The molecule has 0 saturated carbocycles. The van der Waals surface area contributed by atoms with Crippen LogP contribution in [0.5, 0.6) is 5.75 Å². The highest BCUT2D eigenvalue weighted by Gasteiger charge is 2.22. The van der Waals surface area contributed by atoms with Gasteiger partial charge in [0.05, 0.1) is 24.8 Å². The van der Waals surface area contributed by atoms with E-state index in [2.05, 4.69) is 24.0 Å². The standard InChI is InChI=1S/C25H23N5O3S/c31-25(32)14-19(16-5-8-21-23(12-16)30-34-29-21)20-15-28-22-13-17(6-7-18(20)22)33-11-3-10-27-24-4-1-2-9-26-24/h1-2,4-9,12-13,15,19,28H,3,10-11,14H2,(H,26,27)(H,31,32). The average Bonchev–Trinajstić information content (AvgIpc) is 3.49. The fourth-order valence-corrected chi connectivity index (χ4v) is 4.57.